The molecule has 4 nitrogen and oxygen atoms in total. The summed E-state index contributed by atoms with van der Waals surface area (Å²) in [6.45, 7) is 11.7. The van der Waals surface area contributed by atoms with Crippen LogP contribution in [0, 0.1) is 5.92 Å². The zero-order valence-corrected chi connectivity index (χ0v) is 16.8. The zero-order valence-electron chi connectivity index (χ0n) is 14.9. The largest absolute Gasteiger partial charge is 0.502 e. The van der Waals surface area contributed by atoms with Crippen LogP contribution in [0.5, 0.6) is 0 Å². The lowest BCUT2D eigenvalue weighted by molar-refractivity contribution is -0.0167. The Bertz CT molecular complexity index is 263. The first kappa shape index (κ1) is 21.4. The van der Waals surface area contributed by atoms with Crippen LogP contribution in [-0.2, 0) is 13.3 Å². The van der Waals surface area contributed by atoms with Gasteiger partial charge in [0.05, 0.1) is 0 Å². The Labute approximate surface area is 138 Å². The summed E-state index contributed by atoms with van der Waals surface area (Å²) in [6, 6.07) is 0.820. The Morgan fingerprint density at radius 2 is 1.57 bits per heavy atom. The fourth-order valence-electron chi connectivity index (χ4n) is 2.19. The molecule has 3 atom stereocenters. The third-order valence-corrected chi connectivity index (χ3v) is 7.69. The summed E-state index contributed by atoms with van der Waals surface area (Å²) in [5, 5.41) is 0.362. The van der Waals surface area contributed by atoms with E-state index in [2.05, 4.69) is 13.8 Å². The van der Waals surface area contributed by atoms with E-state index in [1.54, 1.807) is 0 Å². The molecule has 21 heavy (non-hydrogen) atoms. The Morgan fingerprint density at radius 1 is 1.05 bits per heavy atom. The van der Waals surface area contributed by atoms with Gasteiger partial charge in [0.15, 0.2) is 0 Å². The highest BCUT2D eigenvalue weighted by atomic mass is 32.1. The van der Waals surface area contributed by atoms with Gasteiger partial charge in [-0.1, -0.05) is 20.3 Å². The molecule has 0 saturated heterocycles. The maximum atomic E-state index is 6.27. The molecule has 6 heteroatoms. The molecule has 0 bridgehead atoms. The fraction of sp³-hybridized carbons (Fsp3) is 1.00. The maximum Gasteiger partial charge on any atom is 0.502 e. The van der Waals surface area contributed by atoms with E-state index in [4.69, 9.17) is 25.9 Å². The van der Waals surface area contributed by atoms with Gasteiger partial charge in [0.2, 0.25) is 0 Å². The van der Waals surface area contributed by atoms with Crippen LogP contribution in [0.1, 0.15) is 47.5 Å². The molecule has 128 valence electrons. The van der Waals surface area contributed by atoms with Gasteiger partial charge in [-0.2, -0.15) is 12.6 Å². The molecule has 0 saturated carbocycles. The molecule has 0 spiro atoms. The van der Waals surface area contributed by atoms with Crippen LogP contribution >= 0.6 is 12.6 Å². The lowest BCUT2D eigenvalue weighted by atomic mass is 10.1. The van der Waals surface area contributed by atoms with Crippen molar-refractivity contribution in [2.45, 2.75) is 65.0 Å². The average molecular weight is 338 g/mol. The number of hydrogen-bond donors (Lipinski definition) is 1. The van der Waals surface area contributed by atoms with Gasteiger partial charge in [-0.05, 0) is 47.2 Å². The van der Waals surface area contributed by atoms with Crippen LogP contribution < -0.4 is 0 Å². The molecule has 0 aromatic heterocycles. The molecule has 0 heterocycles. The van der Waals surface area contributed by atoms with E-state index in [9.17, 15) is 0 Å². The lowest BCUT2D eigenvalue weighted by Crippen LogP contribution is -2.52. The second kappa shape index (κ2) is 11.0. The van der Waals surface area contributed by atoms with Gasteiger partial charge in [-0.3, -0.25) is 4.90 Å². The van der Waals surface area contributed by atoms with E-state index in [1.165, 1.54) is 0 Å². The molecule has 0 N–H and O–H groups in total. The van der Waals surface area contributed by atoms with Gasteiger partial charge in [0.1, 0.15) is 6.23 Å². The number of nitrogens with zero attached hydrogens (tertiary/aromatic N) is 1. The highest BCUT2D eigenvalue weighted by molar-refractivity contribution is 7.81. The Morgan fingerprint density at radius 3 is 1.95 bits per heavy atom. The molecular formula is C15H35NO3SSi. The van der Waals surface area contributed by atoms with E-state index in [0.29, 0.717) is 24.4 Å². The van der Waals surface area contributed by atoms with Gasteiger partial charge < -0.3 is 13.3 Å². The SMILES string of the molecule is CCCC(S)C(C)C[Si](OCC)(OCC)OC(C)N(C)C. The first-order valence-electron chi connectivity index (χ1n) is 8.12. The summed E-state index contributed by atoms with van der Waals surface area (Å²) in [4.78, 5) is 2.04. The zero-order chi connectivity index (χ0) is 16.5. The minimum absolute atomic E-state index is 0.0218. The van der Waals surface area contributed by atoms with Crippen molar-refractivity contribution >= 4 is 21.4 Å². The van der Waals surface area contributed by atoms with Crippen molar-refractivity contribution in [1.82, 2.24) is 4.90 Å². The van der Waals surface area contributed by atoms with E-state index in [-0.39, 0.29) is 6.23 Å². The van der Waals surface area contributed by atoms with E-state index in [1.807, 2.05) is 39.8 Å². The summed E-state index contributed by atoms with van der Waals surface area (Å²) >= 11 is 4.73. The second-order valence-corrected chi connectivity index (χ2v) is 9.02. The first-order valence-corrected chi connectivity index (χ1v) is 10.6. The van der Waals surface area contributed by atoms with Gasteiger partial charge in [-0.15, -0.1) is 0 Å². The number of thiol groups is 1. The van der Waals surface area contributed by atoms with Crippen LogP contribution in [0.2, 0.25) is 6.04 Å². The van der Waals surface area contributed by atoms with Crippen LogP contribution in [-0.4, -0.2) is 52.5 Å². The van der Waals surface area contributed by atoms with Crippen LogP contribution in [0.25, 0.3) is 0 Å². The number of rotatable bonds is 12. The molecule has 0 rings (SSSR count). The lowest BCUT2D eigenvalue weighted by Gasteiger charge is -2.36. The van der Waals surface area contributed by atoms with Gasteiger partial charge in [0.25, 0.3) is 0 Å². The Kier molecular flexibility index (Phi) is 11.2. The quantitative estimate of drug-likeness (QED) is 0.334. The molecule has 0 aliphatic rings. The summed E-state index contributed by atoms with van der Waals surface area (Å²) in [6.07, 6.45) is 2.23. The first-order chi connectivity index (χ1) is 9.81. The predicted octanol–water partition coefficient (Wildman–Crippen LogP) is 3.66. The molecule has 0 aliphatic heterocycles. The van der Waals surface area contributed by atoms with Gasteiger partial charge >= 0.3 is 8.80 Å². The minimum atomic E-state index is -2.67. The molecule has 0 aliphatic carbocycles. The molecule has 0 amide bonds. The average Bonchev–Trinajstić information content (AvgIpc) is 2.39. The fourth-order valence-corrected chi connectivity index (χ4v) is 5.99. The van der Waals surface area contributed by atoms with Gasteiger partial charge in [-0.25, -0.2) is 0 Å². The molecular weight excluding hydrogens is 302 g/mol. The van der Waals surface area contributed by atoms with Crippen molar-refractivity contribution < 1.29 is 13.3 Å². The Balaban J connectivity index is 4.99. The van der Waals surface area contributed by atoms with Crippen LogP contribution in [0.3, 0.4) is 0 Å². The van der Waals surface area contributed by atoms with Crippen LogP contribution in [0.15, 0.2) is 0 Å². The topological polar surface area (TPSA) is 30.9 Å². The smallest absolute Gasteiger partial charge is 0.374 e. The third kappa shape index (κ3) is 8.00. The van der Waals surface area contributed by atoms with Crippen molar-refractivity contribution in [3.8, 4) is 0 Å². The maximum absolute atomic E-state index is 6.27. The molecule has 0 fully saturated rings. The van der Waals surface area contributed by atoms with E-state index in [0.717, 1.165) is 18.9 Å². The summed E-state index contributed by atoms with van der Waals surface area (Å²) in [5.41, 5.74) is 0. The molecule has 0 aromatic rings. The molecule has 3 unspecified atom stereocenters. The summed E-state index contributed by atoms with van der Waals surface area (Å²) in [7, 11) is 1.34. The highest BCUT2D eigenvalue weighted by Crippen LogP contribution is 2.29. The van der Waals surface area contributed by atoms with Crippen LogP contribution in [0.4, 0.5) is 0 Å². The standard InChI is InChI=1S/C15H35NO3SSi/c1-8-11-15(20)13(4)12-21(17-9-2,18-10-3)19-14(5)16(6)7/h13-15,20H,8-12H2,1-7H3. The van der Waals surface area contributed by atoms with Crippen molar-refractivity contribution in [1.29, 1.82) is 0 Å². The summed E-state index contributed by atoms with van der Waals surface area (Å²) < 4.78 is 18.3. The highest BCUT2D eigenvalue weighted by Gasteiger charge is 2.44. The minimum Gasteiger partial charge on any atom is -0.374 e. The molecule has 0 aromatic carbocycles. The Hall–Kier alpha value is 0.407. The molecule has 0 radical (unpaired) electrons. The van der Waals surface area contributed by atoms with E-state index >= 15 is 0 Å². The second-order valence-electron chi connectivity index (χ2n) is 5.77. The normalized spacial score (nSPS) is 17.0. The van der Waals surface area contributed by atoms with Crippen molar-refractivity contribution in [3.05, 3.63) is 0 Å². The van der Waals surface area contributed by atoms with Gasteiger partial charge in [0, 0.05) is 24.5 Å². The van der Waals surface area contributed by atoms with Crippen molar-refractivity contribution in [3.63, 3.8) is 0 Å². The predicted molar refractivity (Wildman–Crippen MR) is 94.9 cm³/mol. The monoisotopic (exact) mass is 337 g/mol. The third-order valence-electron chi connectivity index (χ3n) is 3.62. The summed E-state index contributed by atoms with van der Waals surface area (Å²) in [5.74, 6) is 0.410. The van der Waals surface area contributed by atoms with Crippen molar-refractivity contribution in [2.75, 3.05) is 27.3 Å². The van der Waals surface area contributed by atoms with Crippen molar-refractivity contribution in [2.24, 2.45) is 5.92 Å². The van der Waals surface area contributed by atoms with E-state index < -0.39 is 8.80 Å². The number of hydrogen-bond acceptors (Lipinski definition) is 5.